The van der Waals surface area contributed by atoms with E-state index in [-0.39, 0.29) is 0 Å². The maximum Gasteiger partial charge on any atom is 0.145 e. The van der Waals surface area contributed by atoms with Gasteiger partial charge in [0.05, 0.1) is 14.2 Å². The standard InChI is InChI=1S/C14H18N2O2/c1-9-8-10-12(17-2)4-5-13(18-3)14(10)16-11(9)6-7-15/h4-5,8H,6-7,15H2,1-3H3. The Morgan fingerprint density at radius 2 is 1.83 bits per heavy atom. The van der Waals surface area contributed by atoms with Gasteiger partial charge in [0.25, 0.3) is 0 Å². The quantitative estimate of drug-likeness (QED) is 0.897. The highest BCUT2D eigenvalue weighted by molar-refractivity contribution is 5.90. The average Bonchev–Trinajstić information content (AvgIpc) is 2.39. The Kier molecular flexibility index (Phi) is 3.67. The van der Waals surface area contributed by atoms with Crippen LogP contribution in [0.4, 0.5) is 0 Å². The van der Waals surface area contributed by atoms with E-state index in [4.69, 9.17) is 15.2 Å². The number of hydrogen-bond acceptors (Lipinski definition) is 4. The lowest BCUT2D eigenvalue weighted by atomic mass is 10.1. The number of fused-ring (bicyclic) bond motifs is 1. The second-order valence-corrected chi connectivity index (χ2v) is 4.16. The molecule has 2 aromatic rings. The van der Waals surface area contributed by atoms with Crippen LogP contribution in [0, 0.1) is 6.92 Å². The van der Waals surface area contributed by atoms with E-state index in [0.717, 1.165) is 40.1 Å². The summed E-state index contributed by atoms with van der Waals surface area (Å²) < 4.78 is 10.7. The van der Waals surface area contributed by atoms with E-state index < -0.39 is 0 Å². The van der Waals surface area contributed by atoms with E-state index in [0.29, 0.717) is 6.54 Å². The zero-order valence-corrected chi connectivity index (χ0v) is 11.0. The summed E-state index contributed by atoms with van der Waals surface area (Å²) in [5.41, 5.74) is 8.56. The van der Waals surface area contributed by atoms with Gasteiger partial charge in [-0.1, -0.05) is 0 Å². The number of rotatable bonds is 4. The molecule has 0 bridgehead atoms. The van der Waals surface area contributed by atoms with Crippen molar-refractivity contribution in [1.82, 2.24) is 4.98 Å². The Balaban J connectivity index is 2.72. The average molecular weight is 246 g/mol. The third-order valence-electron chi connectivity index (χ3n) is 3.02. The van der Waals surface area contributed by atoms with Crippen LogP contribution in [-0.4, -0.2) is 25.7 Å². The van der Waals surface area contributed by atoms with Crippen LogP contribution in [0.3, 0.4) is 0 Å². The van der Waals surface area contributed by atoms with Gasteiger partial charge in [-0.2, -0.15) is 0 Å². The Morgan fingerprint density at radius 1 is 1.17 bits per heavy atom. The van der Waals surface area contributed by atoms with Gasteiger partial charge < -0.3 is 15.2 Å². The van der Waals surface area contributed by atoms with E-state index in [1.165, 1.54) is 0 Å². The number of aromatic nitrogens is 1. The lowest BCUT2D eigenvalue weighted by Gasteiger charge is -2.12. The number of benzene rings is 1. The lowest BCUT2D eigenvalue weighted by Crippen LogP contribution is -2.06. The van der Waals surface area contributed by atoms with Crippen LogP contribution >= 0.6 is 0 Å². The number of ether oxygens (including phenoxy) is 2. The summed E-state index contributed by atoms with van der Waals surface area (Å²) in [4.78, 5) is 4.66. The first-order valence-electron chi connectivity index (χ1n) is 5.92. The summed E-state index contributed by atoms with van der Waals surface area (Å²) in [6.07, 6.45) is 0.766. The molecule has 4 heteroatoms. The van der Waals surface area contributed by atoms with Crippen LogP contribution in [0.2, 0.25) is 0 Å². The molecule has 0 amide bonds. The van der Waals surface area contributed by atoms with Crippen LogP contribution in [0.5, 0.6) is 11.5 Å². The van der Waals surface area contributed by atoms with Gasteiger partial charge in [-0.05, 0) is 37.2 Å². The Labute approximate surface area is 107 Å². The van der Waals surface area contributed by atoms with Crippen LogP contribution in [0.1, 0.15) is 11.3 Å². The molecule has 1 aromatic carbocycles. The zero-order valence-electron chi connectivity index (χ0n) is 11.0. The SMILES string of the molecule is COc1ccc(OC)c2nc(CCN)c(C)cc12. The molecule has 0 spiro atoms. The first kappa shape index (κ1) is 12.6. The van der Waals surface area contributed by atoms with Gasteiger partial charge in [0.15, 0.2) is 0 Å². The van der Waals surface area contributed by atoms with Crippen molar-refractivity contribution < 1.29 is 9.47 Å². The molecule has 18 heavy (non-hydrogen) atoms. The maximum atomic E-state index is 5.60. The van der Waals surface area contributed by atoms with Crippen LogP contribution in [-0.2, 0) is 6.42 Å². The van der Waals surface area contributed by atoms with E-state index in [2.05, 4.69) is 11.1 Å². The van der Waals surface area contributed by atoms with Gasteiger partial charge in [0, 0.05) is 17.5 Å². The molecule has 0 radical (unpaired) electrons. The Hall–Kier alpha value is -1.81. The van der Waals surface area contributed by atoms with Gasteiger partial charge in [0.2, 0.25) is 0 Å². The summed E-state index contributed by atoms with van der Waals surface area (Å²) in [6, 6.07) is 5.84. The van der Waals surface area contributed by atoms with Crippen molar-refractivity contribution in [3.8, 4) is 11.5 Å². The number of nitrogens with two attached hydrogens (primary N) is 1. The highest BCUT2D eigenvalue weighted by atomic mass is 16.5. The van der Waals surface area contributed by atoms with E-state index >= 15 is 0 Å². The van der Waals surface area contributed by atoms with E-state index in [1.54, 1.807) is 14.2 Å². The van der Waals surface area contributed by atoms with Gasteiger partial charge >= 0.3 is 0 Å². The molecule has 0 fully saturated rings. The molecule has 1 heterocycles. The molecular weight excluding hydrogens is 228 g/mol. The van der Waals surface area contributed by atoms with Crippen molar-refractivity contribution in [2.45, 2.75) is 13.3 Å². The second-order valence-electron chi connectivity index (χ2n) is 4.16. The number of methoxy groups -OCH3 is 2. The highest BCUT2D eigenvalue weighted by Gasteiger charge is 2.11. The van der Waals surface area contributed by atoms with Crippen molar-refractivity contribution in [1.29, 1.82) is 0 Å². The van der Waals surface area contributed by atoms with Crippen molar-refractivity contribution >= 4 is 10.9 Å². The molecule has 0 saturated heterocycles. The molecule has 2 N–H and O–H groups in total. The molecule has 0 aliphatic heterocycles. The van der Waals surface area contributed by atoms with Gasteiger partial charge in [-0.3, -0.25) is 0 Å². The first-order chi connectivity index (χ1) is 8.71. The topological polar surface area (TPSA) is 57.4 Å². The van der Waals surface area contributed by atoms with Gasteiger partial charge in [-0.15, -0.1) is 0 Å². The van der Waals surface area contributed by atoms with Crippen molar-refractivity contribution in [2.24, 2.45) is 5.73 Å². The normalized spacial score (nSPS) is 10.7. The fourth-order valence-corrected chi connectivity index (χ4v) is 2.08. The van der Waals surface area contributed by atoms with Gasteiger partial charge in [0.1, 0.15) is 17.0 Å². The predicted octanol–water partition coefficient (Wildman–Crippen LogP) is 2.06. The predicted molar refractivity (Wildman–Crippen MR) is 72.3 cm³/mol. The largest absolute Gasteiger partial charge is 0.496 e. The fraction of sp³-hybridized carbons (Fsp3) is 0.357. The smallest absolute Gasteiger partial charge is 0.145 e. The number of aryl methyl sites for hydroxylation is 1. The van der Waals surface area contributed by atoms with Gasteiger partial charge in [-0.25, -0.2) is 4.98 Å². The van der Waals surface area contributed by atoms with Crippen LogP contribution < -0.4 is 15.2 Å². The maximum absolute atomic E-state index is 5.60. The van der Waals surface area contributed by atoms with E-state index in [1.807, 2.05) is 19.1 Å². The number of nitrogens with zero attached hydrogens (tertiary/aromatic N) is 1. The number of hydrogen-bond donors (Lipinski definition) is 1. The third-order valence-corrected chi connectivity index (χ3v) is 3.02. The monoisotopic (exact) mass is 246 g/mol. The Bertz CT molecular complexity index is 567. The fourth-order valence-electron chi connectivity index (χ4n) is 2.08. The van der Waals surface area contributed by atoms with E-state index in [9.17, 15) is 0 Å². The summed E-state index contributed by atoms with van der Waals surface area (Å²) in [5, 5.41) is 0.968. The molecular formula is C14H18N2O2. The lowest BCUT2D eigenvalue weighted by molar-refractivity contribution is 0.409. The Morgan fingerprint density at radius 3 is 2.44 bits per heavy atom. The molecule has 96 valence electrons. The van der Waals surface area contributed by atoms with Crippen LogP contribution in [0.25, 0.3) is 10.9 Å². The van der Waals surface area contributed by atoms with Crippen LogP contribution in [0.15, 0.2) is 18.2 Å². The molecule has 2 rings (SSSR count). The van der Waals surface area contributed by atoms with Crippen molar-refractivity contribution in [3.05, 3.63) is 29.5 Å². The number of pyridine rings is 1. The second kappa shape index (κ2) is 5.23. The molecule has 0 unspecified atom stereocenters. The zero-order chi connectivity index (χ0) is 13.1. The molecule has 0 aliphatic carbocycles. The first-order valence-corrected chi connectivity index (χ1v) is 5.92. The third kappa shape index (κ3) is 2.11. The summed E-state index contributed by atoms with van der Waals surface area (Å²) in [6.45, 7) is 2.63. The summed E-state index contributed by atoms with van der Waals surface area (Å²) in [5.74, 6) is 1.56. The molecule has 0 aliphatic rings. The van der Waals surface area contributed by atoms with Crippen molar-refractivity contribution in [2.75, 3.05) is 20.8 Å². The minimum Gasteiger partial charge on any atom is -0.496 e. The molecule has 0 atom stereocenters. The highest BCUT2D eigenvalue weighted by Crippen LogP contribution is 2.32. The molecule has 1 aromatic heterocycles. The summed E-state index contributed by atoms with van der Waals surface area (Å²) in [7, 11) is 3.30. The van der Waals surface area contributed by atoms with Crippen molar-refractivity contribution in [3.63, 3.8) is 0 Å². The minimum atomic E-state index is 0.589. The summed E-state index contributed by atoms with van der Waals surface area (Å²) >= 11 is 0. The molecule has 0 saturated carbocycles. The minimum absolute atomic E-state index is 0.589. The molecule has 4 nitrogen and oxygen atoms in total.